The maximum absolute atomic E-state index is 13.4. The van der Waals surface area contributed by atoms with Crippen molar-refractivity contribution in [2.24, 2.45) is 0 Å². The SMILES string of the molecule is O=C(c1ccc(NS(=O)(=O)c2cccc3c2OC(F)(F)O3)cc1)N1CCC(O)(c2ccccc2Cl)CC1. The van der Waals surface area contributed by atoms with Crippen molar-refractivity contribution in [1.82, 2.24) is 4.90 Å². The molecule has 2 N–H and O–H groups in total. The number of nitrogens with zero attached hydrogens (tertiary/aromatic N) is 1. The normalized spacial score (nSPS) is 17.9. The molecule has 0 atom stereocenters. The van der Waals surface area contributed by atoms with Gasteiger partial charge in [-0.3, -0.25) is 9.52 Å². The molecule has 3 aromatic carbocycles. The number of carbonyl (C=O) groups is 1. The molecular formula is C25H21ClF2N2O6S. The second kappa shape index (κ2) is 9.16. The van der Waals surface area contributed by atoms with Crippen LogP contribution in [0.25, 0.3) is 0 Å². The maximum atomic E-state index is 13.4. The summed E-state index contributed by atoms with van der Waals surface area (Å²) in [6, 6.07) is 16.3. The van der Waals surface area contributed by atoms with Gasteiger partial charge in [0.25, 0.3) is 15.9 Å². The molecule has 0 spiro atoms. The van der Waals surface area contributed by atoms with Crippen LogP contribution in [0.15, 0.2) is 71.6 Å². The number of fused-ring (bicyclic) bond motifs is 1. The number of hydrogen-bond donors (Lipinski definition) is 2. The minimum Gasteiger partial charge on any atom is -0.395 e. The first-order chi connectivity index (χ1) is 17.5. The van der Waals surface area contributed by atoms with Gasteiger partial charge in [-0.15, -0.1) is 8.78 Å². The monoisotopic (exact) mass is 550 g/mol. The Morgan fingerprint density at radius 1 is 0.973 bits per heavy atom. The second-order valence-corrected chi connectivity index (χ2v) is 10.8. The van der Waals surface area contributed by atoms with E-state index in [1.54, 1.807) is 29.2 Å². The number of piperidine rings is 1. The molecule has 37 heavy (non-hydrogen) atoms. The third-order valence-corrected chi connectivity index (χ3v) is 8.05. The molecule has 0 aliphatic carbocycles. The van der Waals surface area contributed by atoms with Gasteiger partial charge in [0, 0.05) is 34.9 Å². The number of hydrogen-bond acceptors (Lipinski definition) is 6. The number of sulfonamides is 1. The largest absolute Gasteiger partial charge is 0.586 e. The van der Waals surface area contributed by atoms with Gasteiger partial charge in [-0.05, 0) is 55.3 Å². The highest BCUT2D eigenvalue weighted by Crippen LogP contribution is 2.45. The molecule has 0 radical (unpaired) electrons. The molecule has 12 heteroatoms. The zero-order valence-corrected chi connectivity index (χ0v) is 20.7. The van der Waals surface area contributed by atoms with Crippen molar-refractivity contribution in [2.45, 2.75) is 29.6 Å². The third kappa shape index (κ3) is 4.94. The molecule has 0 unspecified atom stereocenters. The van der Waals surface area contributed by atoms with Crippen molar-refractivity contribution in [3.63, 3.8) is 0 Å². The van der Waals surface area contributed by atoms with Gasteiger partial charge in [0.15, 0.2) is 11.5 Å². The smallest absolute Gasteiger partial charge is 0.395 e. The van der Waals surface area contributed by atoms with Crippen molar-refractivity contribution in [3.8, 4) is 11.5 Å². The number of aliphatic hydroxyl groups is 1. The Kier molecular flexibility index (Phi) is 6.25. The Hall–Kier alpha value is -3.41. The number of nitrogens with one attached hydrogen (secondary N) is 1. The predicted octanol–water partition coefficient (Wildman–Crippen LogP) is 4.59. The molecule has 2 heterocycles. The number of benzene rings is 3. The number of carbonyl (C=O) groups excluding carboxylic acids is 1. The van der Waals surface area contributed by atoms with Gasteiger partial charge in [-0.2, -0.15) is 0 Å². The van der Waals surface area contributed by atoms with Crippen molar-refractivity contribution >= 4 is 33.2 Å². The number of anilines is 1. The predicted molar refractivity (Wildman–Crippen MR) is 130 cm³/mol. The van der Waals surface area contributed by atoms with E-state index in [1.807, 2.05) is 0 Å². The Balaban J connectivity index is 1.26. The van der Waals surface area contributed by atoms with Crippen molar-refractivity contribution in [2.75, 3.05) is 17.8 Å². The summed E-state index contributed by atoms with van der Waals surface area (Å²) < 4.78 is 63.5. The lowest BCUT2D eigenvalue weighted by Crippen LogP contribution is -2.45. The number of halogens is 3. The van der Waals surface area contributed by atoms with Gasteiger partial charge in [0.1, 0.15) is 4.90 Å². The summed E-state index contributed by atoms with van der Waals surface area (Å²) >= 11 is 6.25. The number of alkyl halides is 2. The van der Waals surface area contributed by atoms with Crippen LogP contribution in [0, 0.1) is 0 Å². The van der Waals surface area contributed by atoms with Crippen LogP contribution < -0.4 is 14.2 Å². The van der Waals surface area contributed by atoms with E-state index < -0.39 is 38.3 Å². The van der Waals surface area contributed by atoms with Crippen LogP contribution in [-0.2, 0) is 15.6 Å². The van der Waals surface area contributed by atoms with Crippen LogP contribution in [0.5, 0.6) is 11.5 Å². The van der Waals surface area contributed by atoms with Crippen LogP contribution in [-0.4, -0.2) is 43.7 Å². The number of amides is 1. The van der Waals surface area contributed by atoms with Gasteiger partial charge in [0.05, 0.1) is 5.60 Å². The zero-order valence-electron chi connectivity index (χ0n) is 19.2. The summed E-state index contributed by atoms with van der Waals surface area (Å²) in [7, 11) is -4.31. The van der Waals surface area contributed by atoms with Gasteiger partial charge in [-0.25, -0.2) is 8.42 Å². The fourth-order valence-corrected chi connectivity index (χ4v) is 5.93. The summed E-state index contributed by atoms with van der Waals surface area (Å²) in [6.45, 7) is 0.613. The van der Waals surface area contributed by atoms with E-state index in [9.17, 15) is 27.1 Å². The van der Waals surface area contributed by atoms with Crippen molar-refractivity contribution < 1.29 is 36.6 Å². The molecule has 0 bridgehead atoms. The summed E-state index contributed by atoms with van der Waals surface area (Å²) in [4.78, 5) is 14.1. The maximum Gasteiger partial charge on any atom is 0.586 e. The third-order valence-electron chi connectivity index (χ3n) is 6.32. The van der Waals surface area contributed by atoms with E-state index in [1.165, 1.54) is 36.4 Å². The topological polar surface area (TPSA) is 105 Å². The van der Waals surface area contributed by atoms with Crippen molar-refractivity contribution in [3.05, 3.63) is 82.9 Å². The average Bonchev–Trinajstić information content (AvgIpc) is 3.18. The average molecular weight is 551 g/mol. The quantitative estimate of drug-likeness (QED) is 0.481. The Bertz CT molecular complexity index is 1460. The molecule has 3 aromatic rings. The summed E-state index contributed by atoms with van der Waals surface area (Å²) in [5.41, 5.74) is -0.0621. The first-order valence-electron chi connectivity index (χ1n) is 11.3. The lowest BCUT2D eigenvalue weighted by atomic mass is 9.84. The van der Waals surface area contributed by atoms with Crippen LogP contribution in [0.1, 0.15) is 28.8 Å². The van der Waals surface area contributed by atoms with Gasteiger partial charge in [0.2, 0.25) is 0 Å². The first kappa shape index (κ1) is 25.2. The van der Waals surface area contributed by atoms with E-state index in [-0.39, 0.29) is 11.6 Å². The van der Waals surface area contributed by atoms with Gasteiger partial charge < -0.3 is 19.5 Å². The fraction of sp³-hybridized carbons (Fsp3) is 0.240. The minimum atomic E-state index is -4.31. The molecule has 5 rings (SSSR count). The van der Waals surface area contributed by atoms with Crippen LogP contribution in [0.3, 0.4) is 0 Å². The molecule has 0 aromatic heterocycles. The number of ether oxygens (including phenoxy) is 2. The highest BCUT2D eigenvalue weighted by atomic mass is 35.5. The van der Waals surface area contributed by atoms with Crippen LogP contribution in [0.4, 0.5) is 14.5 Å². The van der Waals surface area contributed by atoms with Gasteiger partial charge >= 0.3 is 6.29 Å². The van der Waals surface area contributed by atoms with Crippen LogP contribution >= 0.6 is 11.6 Å². The van der Waals surface area contributed by atoms with Crippen LogP contribution in [0.2, 0.25) is 5.02 Å². The highest BCUT2D eigenvalue weighted by molar-refractivity contribution is 7.92. The van der Waals surface area contributed by atoms with E-state index in [0.717, 1.165) is 6.07 Å². The Labute approximate surface area is 216 Å². The second-order valence-electron chi connectivity index (χ2n) is 8.74. The molecule has 1 saturated heterocycles. The molecule has 0 saturated carbocycles. The molecule has 1 amide bonds. The van der Waals surface area contributed by atoms with Crippen molar-refractivity contribution in [1.29, 1.82) is 0 Å². The standard InChI is InChI=1S/C25H21ClF2N2O6S/c26-19-5-2-1-4-18(19)24(32)12-14-30(15-13-24)23(31)16-8-10-17(11-9-16)29-37(33,34)21-7-3-6-20-22(21)36-25(27,28)35-20/h1-11,29,32H,12-15H2. The van der Waals surface area contributed by atoms with Gasteiger partial charge in [-0.1, -0.05) is 35.9 Å². The van der Waals surface area contributed by atoms with E-state index >= 15 is 0 Å². The summed E-state index contributed by atoms with van der Waals surface area (Å²) in [5.74, 6) is -1.25. The highest BCUT2D eigenvalue weighted by Gasteiger charge is 2.46. The van der Waals surface area contributed by atoms with E-state index in [0.29, 0.717) is 42.1 Å². The summed E-state index contributed by atoms with van der Waals surface area (Å²) in [6.07, 6.45) is -3.34. The zero-order chi connectivity index (χ0) is 26.4. The molecule has 194 valence electrons. The fourth-order valence-electron chi connectivity index (χ4n) is 4.42. The Morgan fingerprint density at radius 3 is 2.32 bits per heavy atom. The molecule has 2 aliphatic rings. The first-order valence-corrected chi connectivity index (χ1v) is 13.1. The minimum absolute atomic E-state index is 0.117. The number of likely N-dealkylation sites (tertiary alicyclic amines) is 1. The molecular weight excluding hydrogens is 530 g/mol. The Morgan fingerprint density at radius 2 is 1.65 bits per heavy atom. The lowest BCUT2D eigenvalue weighted by Gasteiger charge is -2.39. The molecule has 2 aliphatic heterocycles. The molecule has 1 fully saturated rings. The molecule has 8 nitrogen and oxygen atoms in total. The summed E-state index contributed by atoms with van der Waals surface area (Å²) in [5, 5.41) is 11.5. The lowest BCUT2D eigenvalue weighted by molar-refractivity contribution is -0.287. The number of rotatable bonds is 5. The van der Waals surface area contributed by atoms with E-state index in [2.05, 4.69) is 14.2 Å². The van der Waals surface area contributed by atoms with E-state index in [4.69, 9.17) is 11.6 Å². The number of para-hydroxylation sites is 1.